The number of thiophene rings is 1. The molecule has 5 nitrogen and oxygen atoms in total. The maximum atomic E-state index is 13.8. The fourth-order valence-corrected chi connectivity index (χ4v) is 6.03. The van der Waals surface area contributed by atoms with Crippen LogP contribution in [0, 0.1) is 12.7 Å². The van der Waals surface area contributed by atoms with Gasteiger partial charge in [-0.15, -0.1) is 23.1 Å². The van der Waals surface area contributed by atoms with Crippen molar-refractivity contribution in [1.82, 2.24) is 14.7 Å². The lowest BCUT2D eigenvalue weighted by Gasteiger charge is -2.24. The highest BCUT2D eigenvalue weighted by atomic mass is 35.5. The summed E-state index contributed by atoms with van der Waals surface area (Å²) in [4.78, 5) is 15.5. The average Bonchev–Trinajstić information content (AvgIpc) is 3.51. The molecule has 0 spiro atoms. The number of benzene rings is 2. The Bertz CT molecular complexity index is 1340. The zero-order chi connectivity index (χ0) is 23.1. The fourth-order valence-electron chi connectivity index (χ4n) is 3.79. The first-order chi connectivity index (χ1) is 15.9. The fraction of sp³-hybridized carbons (Fsp3) is 0.167. The highest BCUT2D eigenvalue weighted by molar-refractivity contribution is 8.00. The first-order valence-electron chi connectivity index (χ1n) is 10.2. The number of aryl methyl sites for hydroxylation is 1. The monoisotopic (exact) mass is 499 g/mol. The lowest BCUT2D eigenvalue weighted by molar-refractivity contribution is -0.128. The average molecular weight is 500 g/mol. The normalized spacial score (nSPS) is 16.0. The van der Waals surface area contributed by atoms with E-state index in [2.05, 4.69) is 0 Å². The zero-order valence-electron chi connectivity index (χ0n) is 17.5. The molecule has 5 rings (SSSR count). The van der Waals surface area contributed by atoms with Crippen LogP contribution in [0.25, 0.3) is 16.3 Å². The molecule has 0 aliphatic carbocycles. The van der Waals surface area contributed by atoms with E-state index in [0.717, 1.165) is 27.4 Å². The molecule has 0 unspecified atom stereocenters. The number of amides is 1. The highest BCUT2D eigenvalue weighted by Gasteiger charge is 2.36. The number of aromatic hydroxyl groups is 1. The maximum absolute atomic E-state index is 13.8. The number of aromatic nitrogens is 2. The minimum absolute atomic E-state index is 0.0404. The van der Waals surface area contributed by atoms with Crippen molar-refractivity contribution in [2.75, 3.05) is 5.75 Å². The van der Waals surface area contributed by atoms with E-state index in [1.165, 1.54) is 17.4 Å². The number of carbonyl (C=O) groups excluding carboxylic acids is 1. The Morgan fingerprint density at radius 3 is 2.67 bits per heavy atom. The van der Waals surface area contributed by atoms with Crippen LogP contribution >= 0.6 is 34.7 Å². The van der Waals surface area contributed by atoms with Crippen molar-refractivity contribution in [1.29, 1.82) is 0 Å². The van der Waals surface area contributed by atoms with Gasteiger partial charge in [-0.1, -0.05) is 23.7 Å². The molecule has 1 N–H and O–H groups in total. The van der Waals surface area contributed by atoms with Crippen molar-refractivity contribution in [3.8, 4) is 22.0 Å². The van der Waals surface area contributed by atoms with Gasteiger partial charge in [-0.25, -0.2) is 9.07 Å². The Morgan fingerprint density at radius 2 is 1.97 bits per heavy atom. The van der Waals surface area contributed by atoms with Gasteiger partial charge in [0.25, 0.3) is 0 Å². The van der Waals surface area contributed by atoms with Gasteiger partial charge in [0.1, 0.15) is 22.6 Å². The maximum Gasteiger partial charge on any atom is 0.234 e. The molecule has 168 valence electrons. The van der Waals surface area contributed by atoms with Crippen LogP contribution in [-0.4, -0.2) is 31.4 Å². The van der Waals surface area contributed by atoms with Gasteiger partial charge < -0.3 is 10.0 Å². The third kappa shape index (κ3) is 4.38. The van der Waals surface area contributed by atoms with Crippen molar-refractivity contribution in [2.45, 2.75) is 18.8 Å². The summed E-state index contributed by atoms with van der Waals surface area (Å²) in [5, 5.41) is 14.2. The molecule has 0 radical (unpaired) electrons. The first kappa shape index (κ1) is 22.0. The van der Waals surface area contributed by atoms with Crippen molar-refractivity contribution in [3.63, 3.8) is 0 Å². The molecular weight excluding hydrogens is 481 g/mol. The van der Waals surface area contributed by atoms with Crippen molar-refractivity contribution in [2.24, 2.45) is 0 Å². The molecule has 1 amide bonds. The van der Waals surface area contributed by atoms with Crippen LogP contribution < -0.4 is 0 Å². The number of carbonyl (C=O) groups is 1. The van der Waals surface area contributed by atoms with Crippen molar-refractivity contribution >= 4 is 40.6 Å². The molecular formula is C24H19ClFN3O2S2. The summed E-state index contributed by atoms with van der Waals surface area (Å²) < 4.78 is 16.2. The van der Waals surface area contributed by atoms with E-state index in [1.54, 1.807) is 47.6 Å². The van der Waals surface area contributed by atoms with Gasteiger partial charge in [0, 0.05) is 18.3 Å². The Balaban J connectivity index is 1.57. The van der Waals surface area contributed by atoms with Crippen LogP contribution in [0.3, 0.4) is 0 Å². The van der Waals surface area contributed by atoms with Crippen LogP contribution in [0.2, 0.25) is 4.34 Å². The van der Waals surface area contributed by atoms with E-state index in [0.29, 0.717) is 22.2 Å². The molecule has 1 atom stereocenters. The number of hydrogen-bond donors (Lipinski definition) is 1. The molecule has 0 bridgehead atoms. The highest BCUT2D eigenvalue weighted by Crippen LogP contribution is 2.45. The van der Waals surface area contributed by atoms with Gasteiger partial charge in [-0.05, 0) is 60.5 Å². The number of thioether (sulfide) groups is 1. The molecule has 1 saturated heterocycles. The minimum atomic E-state index is -0.270. The summed E-state index contributed by atoms with van der Waals surface area (Å²) in [5.74, 6) is 0.325. The van der Waals surface area contributed by atoms with Crippen molar-refractivity contribution in [3.05, 3.63) is 87.6 Å². The van der Waals surface area contributed by atoms with Crippen LogP contribution in [0.5, 0.6) is 5.75 Å². The zero-order valence-corrected chi connectivity index (χ0v) is 19.9. The summed E-state index contributed by atoms with van der Waals surface area (Å²) in [6, 6.07) is 15.5. The number of rotatable bonds is 5. The van der Waals surface area contributed by atoms with E-state index in [-0.39, 0.29) is 22.8 Å². The SMILES string of the molecule is Cc1cc(-n2cc([C@H]3SCC(=O)N3Cc3ccc(O)cc3)c(-c3ccc(Cl)s3)n2)ccc1F. The van der Waals surface area contributed by atoms with E-state index >= 15 is 0 Å². The van der Waals surface area contributed by atoms with Gasteiger partial charge >= 0.3 is 0 Å². The molecule has 1 aliphatic rings. The van der Waals surface area contributed by atoms with Crippen LogP contribution in [-0.2, 0) is 11.3 Å². The van der Waals surface area contributed by atoms with E-state index in [1.807, 2.05) is 35.4 Å². The molecule has 4 aromatic rings. The Hall–Kier alpha value is -2.81. The summed E-state index contributed by atoms with van der Waals surface area (Å²) in [5.41, 5.74) is 3.84. The second-order valence-corrected chi connectivity index (χ2v) is 10.5. The summed E-state index contributed by atoms with van der Waals surface area (Å²) >= 11 is 9.18. The second kappa shape index (κ2) is 8.85. The quantitative estimate of drug-likeness (QED) is 0.356. The predicted octanol–water partition coefficient (Wildman–Crippen LogP) is 6.18. The van der Waals surface area contributed by atoms with Crippen LogP contribution in [0.1, 0.15) is 22.1 Å². The summed E-state index contributed by atoms with van der Waals surface area (Å²) in [6.07, 6.45) is 1.91. The van der Waals surface area contributed by atoms with E-state index in [4.69, 9.17) is 16.7 Å². The Labute approximate surface area is 203 Å². The second-order valence-electron chi connectivity index (χ2n) is 7.77. The molecule has 1 fully saturated rings. The molecule has 33 heavy (non-hydrogen) atoms. The Kier molecular flexibility index (Phi) is 5.90. The third-order valence-electron chi connectivity index (χ3n) is 5.48. The van der Waals surface area contributed by atoms with Gasteiger partial charge in [0.05, 0.1) is 20.7 Å². The van der Waals surface area contributed by atoms with Gasteiger partial charge in [-0.3, -0.25) is 4.79 Å². The van der Waals surface area contributed by atoms with E-state index < -0.39 is 0 Å². The molecule has 1 aliphatic heterocycles. The van der Waals surface area contributed by atoms with Crippen LogP contribution in [0.15, 0.2) is 60.8 Å². The lowest BCUT2D eigenvalue weighted by Crippen LogP contribution is -2.27. The largest absolute Gasteiger partial charge is 0.508 e. The topological polar surface area (TPSA) is 58.4 Å². The number of hydrogen-bond acceptors (Lipinski definition) is 5. The number of halogens is 2. The first-order valence-corrected chi connectivity index (χ1v) is 12.4. The molecule has 3 heterocycles. The molecule has 0 saturated carbocycles. The third-order valence-corrected chi connectivity index (χ3v) is 7.95. The van der Waals surface area contributed by atoms with Crippen LogP contribution in [0.4, 0.5) is 4.39 Å². The standard InChI is InChI=1S/C24H19ClFN3O2S2/c1-14-10-16(4-7-19(14)26)29-12-18(23(27-29)20-8-9-21(25)33-20)24-28(22(31)13-32-24)11-15-2-5-17(30)6-3-15/h2-10,12,24,30H,11,13H2,1H3/t24-/m1/s1. The van der Waals surface area contributed by atoms with Gasteiger partial charge in [0.15, 0.2) is 0 Å². The van der Waals surface area contributed by atoms with E-state index in [9.17, 15) is 14.3 Å². The smallest absolute Gasteiger partial charge is 0.234 e. The minimum Gasteiger partial charge on any atom is -0.508 e. The number of phenols is 1. The molecule has 9 heteroatoms. The van der Waals surface area contributed by atoms with Gasteiger partial charge in [-0.2, -0.15) is 5.10 Å². The lowest BCUT2D eigenvalue weighted by atomic mass is 10.1. The predicted molar refractivity (Wildman–Crippen MR) is 130 cm³/mol. The van der Waals surface area contributed by atoms with Crippen molar-refractivity contribution < 1.29 is 14.3 Å². The Morgan fingerprint density at radius 1 is 1.18 bits per heavy atom. The summed E-state index contributed by atoms with van der Waals surface area (Å²) in [6.45, 7) is 2.14. The number of phenolic OH excluding ortho intramolecular Hbond substituents is 1. The summed E-state index contributed by atoms with van der Waals surface area (Å²) in [7, 11) is 0. The number of nitrogens with zero attached hydrogens (tertiary/aromatic N) is 3. The van der Waals surface area contributed by atoms with Gasteiger partial charge in [0.2, 0.25) is 5.91 Å². The molecule has 2 aromatic carbocycles. The molecule has 2 aromatic heterocycles.